The fourth-order valence-corrected chi connectivity index (χ4v) is 3.29. The number of aliphatic hydroxyl groups is 1. The summed E-state index contributed by atoms with van der Waals surface area (Å²) in [4.78, 5) is 18.3. The predicted octanol–water partition coefficient (Wildman–Crippen LogP) is 2.99. The molecule has 170 valence electrons. The van der Waals surface area contributed by atoms with Crippen molar-refractivity contribution in [3.05, 3.63) is 76.2 Å². The quantitative estimate of drug-likeness (QED) is 0.302. The minimum Gasteiger partial charge on any atom is -0.477 e. The van der Waals surface area contributed by atoms with E-state index >= 15 is 0 Å². The first-order valence-electron chi connectivity index (χ1n) is 10.5. The van der Waals surface area contributed by atoms with E-state index in [1.165, 1.54) is 0 Å². The third-order valence-electron chi connectivity index (χ3n) is 4.92. The zero-order valence-corrected chi connectivity index (χ0v) is 19.0. The van der Waals surface area contributed by atoms with Gasteiger partial charge in [0.15, 0.2) is 0 Å². The van der Waals surface area contributed by atoms with Crippen molar-refractivity contribution in [3.63, 3.8) is 0 Å². The van der Waals surface area contributed by atoms with Gasteiger partial charge < -0.3 is 20.1 Å². The molecule has 0 aliphatic carbocycles. The number of nitrogens with zero attached hydrogens (tertiary/aromatic N) is 3. The number of benzene rings is 1. The number of aliphatic hydroxyl groups excluding tert-OH is 1. The van der Waals surface area contributed by atoms with Gasteiger partial charge in [-0.15, -0.1) is 5.10 Å². The summed E-state index contributed by atoms with van der Waals surface area (Å²) in [6.45, 7) is 3.97. The highest BCUT2D eigenvalue weighted by Crippen LogP contribution is 2.14. The summed E-state index contributed by atoms with van der Waals surface area (Å²) in [6.07, 6.45) is 1.71. The van der Waals surface area contributed by atoms with E-state index in [1.807, 2.05) is 31.2 Å². The van der Waals surface area contributed by atoms with E-state index in [4.69, 9.17) is 16.3 Å². The normalized spacial score (nSPS) is 11.9. The van der Waals surface area contributed by atoms with Crippen LogP contribution in [0.1, 0.15) is 40.2 Å². The number of carbonyl (C=O) groups excluding carboxylic acids is 1. The highest BCUT2D eigenvalue weighted by Gasteiger charge is 2.14. The number of carbonyl (C=O) groups is 1. The lowest BCUT2D eigenvalue weighted by molar-refractivity contribution is 0.0783. The predicted molar refractivity (Wildman–Crippen MR) is 123 cm³/mol. The van der Waals surface area contributed by atoms with E-state index in [0.717, 1.165) is 23.2 Å². The lowest BCUT2D eigenvalue weighted by atomic mass is 10.1. The second-order valence-electron chi connectivity index (χ2n) is 7.41. The maximum atomic E-state index is 12.7. The van der Waals surface area contributed by atoms with Gasteiger partial charge in [0.1, 0.15) is 5.15 Å². The lowest BCUT2D eigenvalue weighted by Crippen LogP contribution is -2.26. The fraction of sp³-hybridized carbons (Fsp3) is 0.348. The minimum absolute atomic E-state index is 0.0677. The zero-order chi connectivity index (χ0) is 22.9. The summed E-state index contributed by atoms with van der Waals surface area (Å²) >= 11 is 5.77. The van der Waals surface area contributed by atoms with Crippen LogP contribution in [0, 0.1) is 0 Å². The topological polar surface area (TPSA) is 103 Å². The van der Waals surface area contributed by atoms with E-state index in [1.54, 1.807) is 36.3 Å². The number of aromatic amines is 1. The van der Waals surface area contributed by atoms with Crippen LogP contribution in [-0.4, -0.2) is 57.8 Å². The molecule has 32 heavy (non-hydrogen) atoms. The smallest absolute Gasteiger partial charge is 0.253 e. The Labute approximate surface area is 192 Å². The molecule has 3 aromatic rings. The molecular weight excluding hydrogens is 430 g/mol. The lowest BCUT2D eigenvalue weighted by Gasteiger charge is -2.16. The van der Waals surface area contributed by atoms with Crippen LogP contribution in [0.3, 0.4) is 0 Å². The Morgan fingerprint density at radius 3 is 2.75 bits per heavy atom. The van der Waals surface area contributed by atoms with Crippen molar-refractivity contribution in [1.29, 1.82) is 0 Å². The van der Waals surface area contributed by atoms with Crippen LogP contribution in [0.2, 0.25) is 5.15 Å². The van der Waals surface area contributed by atoms with Crippen molar-refractivity contribution in [2.24, 2.45) is 0 Å². The van der Waals surface area contributed by atoms with Crippen molar-refractivity contribution >= 4 is 17.5 Å². The number of ether oxygens (including phenoxy) is 1. The van der Waals surface area contributed by atoms with Gasteiger partial charge in [-0.25, -0.2) is 4.98 Å². The van der Waals surface area contributed by atoms with Crippen molar-refractivity contribution in [2.45, 2.75) is 26.0 Å². The van der Waals surface area contributed by atoms with Crippen LogP contribution in [0.4, 0.5) is 0 Å². The number of amides is 1. The van der Waals surface area contributed by atoms with Gasteiger partial charge in [-0.05, 0) is 43.7 Å². The van der Waals surface area contributed by atoms with Crippen LogP contribution in [0.5, 0.6) is 5.88 Å². The Balaban J connectivity index is 1.43. The number of halogens is 1. The summed E-state index contributed by atoms with van der Waals surface area (Å²) in [5, 5.41) is 20.8. The number of hydrogen-bond donors (Lipinski definition) is 3. The van der Waals surface area contributed by atoms with Gasteiger partial charge in [0.2, 0.25) is 5.88 Å². The summed E-state index contributed by atoms with van der Waals surface area (Å²) in [5.41, 5.74) is 3.26. The molecule has 0 spiro atoms. The van der Waals surface area contributed by atoms with Crippen LogP contribution >= 0.6 is 11.6 Å². The van der Waals surface area contributed by atoms with Crippen LogP contribution in [0.15, 0.2) is 48.7 Å². The molecule has 9 heteroatoms. The Kier molecular flexibility index (Phi) is 8.61. The van der Waals surface area contributed by atoms with Crippen LogP contribution in [0.25, 0.3) is 0 Å². The summed E-state index contributed by atoms with van der Waals surface area (Å²) < 4.78 is 5.33. The average Bonchev–Trinajstić information content (AvgIpc) is 3.24. The van der Waals surface area contributed by atoms with E-state index in [2.05, 4.69) is 20.5 Å². The molecule has 0 saturated carbocycles. The SMILES string of the molecule is CCOc1cc(CN(C)C(=O)c2ccc(CCNC[C@H](O)c3ccc(Cl)nc3)cc2)[nH]n1. The molecule has 1 amide bonds. The summed E-state index contributed by atoms with van der Waals surface area (Å²) in [6, 6.07) is 12.8. The largest absolute Gasteiger partial charge is 0.477 e. The fourth-order valence-electron chi connectivity index (χ4n) is 3.18. The van der Waals surface area contributed by atoms with Gasteiger partial charge in [-0.2, -0.15) is 0 Å². The molecule has 0 radical (unpaired) electrons. The van der Waals surface area contributed by atoms with Gasteiger partial charge in [0.05, 0.1) is 24.9 Å². The van der Waals surface area contributed by atoms with Crippen molar-refractivity contribution in [1.82, 2.24) is 25.4 Å². The average molecular weight is 458 g/mol. The first-order valence-corrected chi connectivity index (χ1v) is 10.9. The highest BCUT2D eigenvalue weighted by molar-refractivity contribution is 6.29. The summed E-state index contributed by atoms with van der Waals surface area (Å²) in [7, 11) is 1.75. The molecule has 0 saturated heterocycles. The first kappa shape index (κ1) is 23.7. The second-order valence-corrected chi connectivity index (χ2v) is 7.79. The molecule has 0 unspecified atom stereocenters. The van der Waals surface area contributed by atoms with Gasteiger partial charge >= 0.3 is 0 Å². The Bertz CT molecular complexity index is 992. The van der Waals surface area contributed by atoms with Crippen LogP contribution in [-0.2, 0) is 13.0 Å². The Morgan fingerprint density at radius 2 is 2.06 bits per heavy atom. The monoisotopic (exact) mass is 457 g/mol. The maximum absolute atomic E-state index is 12.7. The van der Waals surface area contributed by atoms with Gasteiger partial charge in [-0.3, -0.25) is 9.89 Å². The molecule has 2 heterocycles. The number of H-pyrrole nitrogens is 1. The van der Waals surface area contributed by atoms with Gasteiger partial charge in [-0.1, -0.05) is 29.8 Å². The molecule has 0 bridgehead atoms. The van der Waals surface area contributed by atoms with Gasteiger partial charge in [0.25, 0.3) is 5.91 Å². The molecule has 8 nitrogen and oxygen atoms in total. The molecule has 1 aromatic carbocycles. The summed E-state index contributed by atoms with van der Waals surface area (Å²) in [5.74, 6) is 0.459. The number of pyridine rings is 1. The Hall–Kier alpha value is -2.94. The molecule has 0 fully saturated rings. The zero-order valence-electron chi connectivity index (χ0n) is 18.2. The number of aromatic nitrogens is 3. The van der Waals surface area contributed by atoms with Crippen LogP contribution < -0.4 is 10.1 Å². The van der Waals surface area contributed by atoms with E-state index in [0.29, 0.717) is 42.8 Å². The van der Waals surface area contributed by atoms with E-state index in [-0.39, 0.29) is 5.91 Å². The van der Waals surface area contributed by atoms with E-state index in [9.17, 15) is 9.90 Å². The van der Waals surface area contributed by atoms with Gasteiger partial charge in [0, 0.05) is 37.0 Å². The molecule has 3 N–H and O–H groups in total. The Morgan fingerprint density at radius 1 is 1.28 bits per heavy atom. The second kappa shape index (κ2) is 11.6. The number of rotatable bonds is 11. The first-order chi connectivity index (χ1) is 15.5. The van der Waals surface area contributed by atoms with Crippen molar-refractivity contribution in [3.8, 4) is 5.88 Å². The molecular formula is C23H28ClN5O3. The molecule has 0 aliphatic heterocycles. The molecule has 0 aliphatic rings. The van der Waals surface area contributed by atoms with Crippen molar-refractivity contribution < 1.29 is 14.6 Å². The third kappa shape index (κ3) is 6.78. The third-order valence-corrected chi connectivity index (χ3v) is 5.14. The molecule has 1 atom stereocenters. The maximum Gasteiger partial charge on any atom is 0.253 e. The minimum atomic E-state index is -0.644. The molecule has 2 aromatic heterocycles. The van der Waals surface area contributed by atoms with Crippen molar-refractivity contribution in [2.75, 3.05) is 26.7 Å². The highest BCUT2D eigenvalue weighted by atomic mass is 35.5. The number of hydrogen-bond acceptors (Lipinski definition) is 6. The standard InChI is InChI=1S/C23H28ClN5O3/c1-3-32-22-12-19(27-28-22)15-29(2)23(31)17-6-4-16(5-7-17)10-11-25-14-20(30)18-8-9-21(24)26-13-18/h4-9,12-13,20,25,30H,3,10-11,14-15H2,1-2H3,(H,27,28)/t20-/m0/s1. The molecule has 3 rings (SSSR count). The number of nitrogens with one attached hydrogen (secondary N) is 2. The van der Waals surface area contributed by atoms with E-state index < -0.39 is 6.10 Å².